The number of esters is 1. The fourth-order valence-corrected chi connectivity index (χ4v) is 3.77. The first kappa shape index (κ1) is 14.8. The molecule has 3 nitrogen and oxygen atoms in total. The van der Waals surface area contributed by atoms with Gasteiger partial charge in [0.25, 0.3) is 0 Å². The van der Waals surface area contributed by atoms with Crippen LogP contribution in [0.2, 0.25) is 0 Å². The zero-order chi connectivity index (χ0) is 13.4. The predicted molar refractivity (Wildman–Crippen MR) is 72.1 cm³/mol. The molecule has 0 saturated carbocycles. The quantitative estimate of drug-likeness (QED) is 0.459. The average molecular weight is 313 g/mol. The molecule has 0 aliphatic rings. The second-order valence-electron chi connectivity index (χ2n) is 3.66. The Morgan fingerprint density at radius 2 is 1.94 bits per heavy atom. The maximum absolute atomic E-state index is 12.4. The Labute approximate surface area is 112 Å². The van der Waals surface area contributed by atoms with Crippen molar-refractivity contribution in [3.8, 4) is 0 Å². The molecular formula is C14H18O3Se. The van der Waals surface area contributed by atoms with E-state index in [1.165, 1.54) is 0 Å². The van der Waals surface area contributed by atoms with E-state index in [1.807, 2.05) is 25.1 Å². The predicted octanol–water partition coefficient (Wildman–Crippen LogP) is 2.14. The third-order valence-electron chi connectivity index (χ3n) is 2.25. The topological polar surface area (TPSA) is 43.4 Å². The summed E-state index contributed by atoms with van der Waals surface area (Å²) in [7, 11) is 0. The van der Waals surface area contributed by atoms with Gasteiger partial charge in [0, 0.05) is 0 Å². The molecule has 0 amide bonds. The SMILES string of the molecule is CCC/C=C(\C(=O)OCC)[Se](=O)c1ccccc1. The number of allylic oxidation sites excluding steroid dienone is 1. The van der Waals surface area contributed by atoms with E-state index in [2.05, 4.69) is 0 Å². The number of ether oxygens (including phenoxy) is 1. The molecule has 0 aliphatic heterocycles. The second kappa shape index (κ2) is 7.96. The first-order valence-corrected chi connectivity index (χ1v) is 8.46. The van der Waals surface area contributed by atoms with E-state index in [4.69, 9.17) is 4.74 Å². The van der Waals surface area contributed by atoms with Gasteiger partial charge in [0.1, 0.15) is 0 Å². The van der Waals surface area contributed by atoms with Crippen LogP contribution in [0.1, 0.15) is 26.7 Å². The second-order valence-corrected chi connectivity index (χ2v) is 6.70. The van der Waals surface area contributed by atoms with Crippen molar-refractivity contribution in [1.29, 1.82) is 0 Å². The van der Waals surface area contributed by atoms with Gasteiger partial charge in [-0.2, -0.15) is 0 Å². The van der Waals surface area contributed by atoms with Crippen LogP contribution in [0.5, 0.6) is 0 Å². The van der Waals surface area contributed by atoms with Crippen molar-refractivity contribution in [3.63, 3.8) is 0 Å². The molecule has 0 saturated heterocycles. The maximum atomic E-state index is 12.4. The minimum absolute atomic E-state index is 0.302. The molecule has 0 aromatic heterocycles. The van der Waals surface area contributed by atoms with E-state index in [1.54, 1.807) is 25.1 Å². The number of hydrogen-bond acceptors (Lipinski definition) is 3. The van der Waals surface area contributed by atoms with Crippen LogP contribution < -0.4 is 4.46 Å². The normalized spacial score (nSPS) is 13.1. The molecule has 0 radical (unpaired) electrons. The Balaban J connectivity index is 2.97. The van der Waals surface area contributed by atoms with Gasteiger partial charge in [-0.05, 0) is 0 Å². The van der Waals surface area contributed by atoms with Gasteiger partial charge in [0.15, 0.2) is 0 Å². The van der Waals surface area contributed by atoms with Crippen LogP contribution in [0.15, 0.2) is 40.9 Å². The molecule has 0 heterocycles. The molecule has 1 aromatic carbocycles. The van der Waals surface area contributed by atoms with Crippen molar-refractivity contribution in [3.05, 3.63) is 40.9 Å². The summed E-state index contributed by atoms with van der Waals surface area (Å²) in [5.74, 6) is -0.449. The summed E-state index contributed by atoms with van der Waals surface area (Å²) in [5, 5.41) is 0. The fraction of sp³-hybridized carbons (Fsp3) is 0.357. The molecule has 4 heteroatoms. The average Bonchev–Trinajstić information content (AvgIpc) is 2.40. The number of benzene rings is 1. The standard InChI is InChI=1S/C14H18O3Se/c1-3-5-11-13(14(15)17-4-2)18(16)12-9-7-6-8-10-12/h6-11H,3-5H2,1-2H3/b13-11+. The molecule has 0 bridgehead atoms. The van der Waals surface area contributed by atoms with Crippen LogP contribution >= 0.6 is 0 Å². The monoisotopic (exact) mass is 314 g/mol. The van der Waals surface area contributed by atoms with Crippen LogP contribution in [-0.2, 0) is 13.4 Å². The van der Waals surface area contributed by atoms with Crippen molar-refractivity contribution < 1.29 is 13.4 Å². The van der Waals surface area contributed by atoms with E-state index in [-0.39, 0.29) is 0 Å². The summed E-state index contributed by atoms with van der Waals surface area (Å²) >= 11 is -2.51. The number of carbonyl (C=O) groups is 1. The van der Waals surface area contributed by atoms with Gasteiger partial charge in [-0.1, -0.05) is 0 Å². The molecule has 98 valence electrons. The molecule has 0 aliphatic carbocycles. The van der Waals surface area contributed by atoms with Crippen molar-refractivity contribution in [2.24, 2.45) is 0 Å². The van der Waals surface area contributed by atoms with E-state index < -0.39 is 19.8 Å². The Kier molecular flexibility index (Phi) is 6.55. The van der Waals surface area contributed by atoms with E-state index >= 15 is 0 Å². The number of unbranched alkanes of at least 4 members (excludes halogenated alkanes) is 1. The Morgan fingerprint density at radius 1 is 1.28 bits per heavy atom. The molecule has 1 aromatic rings. The van der Waals surface area contributed by atoms with Crippen LogP contribution in [0.4, 0.5) is 0 Å². The zero-order valence-electron chi connectivity index (χ0n) is 10.7. The summed E-state index contributed by atoms with van der Waals surface area (Å²) in [4.78, 5) is 11.8. The number of carbonyl (C=O) groups excluding carboxylic acids is 1. The summed E-state index contributed by atoms with van der Waals surface area (Å²) in [6, 6.07) is 9.09. The Bertz CT molecular complexity index is 438. The van der Waals surface area contributed by atoms with Gasteiger partial charge in [-0.25, -0.2) is 0 Å². The summed E-state index contributed by atoms with van der Waals surface area (Å²) in [6.07, 6.45) is 3.41. The summed E-state index contributed by atoms with van der Waals surface area (Å²) in [5.41, 5.74) is 0. The van der Waals surface area contributed by atoms with E-state index in [0.29, 0.717) is 15.5 Å². The van der Waals surface area contributed by atoms with Crippen molar-refractivity contribution in [2.45, 2.75) is 26.7 Å². The van der Waals surface area contributed by atoms with Crippen molar-refractivity contribution >= 4 is 24.3 Å². The van der Waals surface area contributed by atoms with Crippen LogP contribution in [0, 0.1) is 0 Å². The number of rotatable bonds is 6. The van der Waals surface area contributed by atoms with E-state index in [9.17, 15) is 8.63 Å². The molecular weight excluding hydrogens is 295 g/mol. The van der Waals surface area contributed by atoms with Gasteiger partial charge in [0.05, 0.1) is 0 Å². The Morgan fingerprint density at radius 3 is 2.50 bits per heavy atom. The Hall–Kier alpha value is -1.25. The van der Waals surface area contributed by atoms with Gasteiger partial charge < -0.3 is 0 Å². The third-order valence-corrected chi connectivity index (χ3v) is 5.26. The fourth-order valence-electron chi connectivity index (χ4n) is 1.38. The minimum atomic E-state index is -2.51. The first-order chi connectivity index (χ1) is 8.70. The third kappa shape index (κ3) is 4.21. The molecule has 0 spiro atoms. The van der Waals surface area contributed by atoms with Gasteiger partial charge >= 0.3 is 112 Å². The van der Waals surface area contributed by atoms with Gasteiger partial charge in [-0.3, -0.25) is 0 Å². The summed E-state index contributed by atoms with van der Waals surface area (Å²) in [6.45, 7) is 4.06. The van der Waals surface area contributed by atoms with Crippen LogP contribution in [0.3, 0.4) is 0 Å². The van der Waals surface area contributed by atoms with Crippen LogP contribution in [-0.4, -0.2) is 26.4 Å². The molecule has 1 atom stereocenters. The zero-order valence-corrected chi connectivity index (χ0v) is 12.4. The molecule has 0 N–H and O–H groups in total. The summed E-state index contributed by atoms with van der Waals surface area (Å²) < 4.78 is 18.4. The molecule has 18 heavy (non-hydrogen) atoms. The van der Waals surface area contributed by atoms with Gasteiger partial charge in [0.2, 0.25) is 0 Å². The molecule has 0 fully saturated rings. The first-order valence-electron chi connectivity index (χ1n) is 6.04. The van der Waals surface area contributed by atoms with Crippen molar-refractivity contribution in [2.75, 3.05) is 6.61 Å². The molecule has 1 rings (SSSR count). The molecule has 1 unspecified atom stereocenters. The van der Waals surface area contributed by atoms with E-state index in [0.717, 1.165) is 12.8 Å². The van der Waals surface area contributed by atoms with Crippen molar-refractivity contribution in [1.82, 2.24) is 0 Å². The van der Waals surface area contributed by atoms with Crippen LogP contribution in [0.25, 0.3) is 0 Å². The van der Waals surface area contributed by atoms with Gasteiger partial charge in [-0.15, -0.1) is 0 Å². The number of hydrogen-bond donors (Lipinski definition) is 0.